The lowest BCUT2D eigenvalue weighted by Crippen LogP contribution is -2.44. The van der Waals surface area contributed by atoms with Crippen LogP contribution in [0.2, 0.25) is 0 Å². The summed E-state index contributed by atoms with van der Waals surface area (Å²) in [6.07, 6.45) is -3.08. The van der Waals surface area contributed by atoms with Crippen molar-refractivity contribution in [3.8, 4) is 11.1 Å². The van der Waals surface area contributed by atoms with E-state index in [9.17, 15) is 22.8 Å². The van der Waals surface area contributed by atoms with Crippen molar-refractivity contribution in [1.82, 2.24) is 4.90 Å². The van der Waals surface area contributed by atoms with Crippen LogP contribution in [0.1, 0.15) is 28.8 Å². The Balaban J connectivity index is 1.90. The number of nitrogens with zero attached hydrogens (tertiary/aromatic N) is 1. The van der Waals surface area contributed by atoms with Crippen LogP contribution in [-0.4, -0.2) is 29.8 Å². The molecular weight excluding hydrogens is 357 g/mol. The molecule has 2 N–H and O–H groups in total. The number of hydrogen-bond donors (Lipinski definition) is 1. The summed E-state index contributed by atoms with van der Waals surface area (Å²) < 4.78 is 38.3. The first-order valence-electron chi connectivity index (χ1n) is 8.62. The lowest BCUT2D eigenvalue weighted by molar-refractivity contribution is -0.137. The lowest BCUT2D eigenvalue weighted by Gasteiger charge is -2.31. The van der Waals surface area contributed by atoms with Crippen molar-refractivity contribution in [1.29, 1.82) is 0 Å². The molecule has 1 heterocycles. The molecule has 0 aliphatic carbocycles. The zero-order valence-corrected chi connectivity index (χ0v) is 14.5. The molecule has 4 nitrogen and oxygen atoms in total. The van der Waals surface area contributed by atoms with Gasteiger partial charge in [-0.05, 0) is 42.2 Å². The van der Waals surface area contributed by atoms with Crippen molar-refractivity contribution in [3.05, 3.63) is 59.7 Å². The molecular formula is C20H19F3N2O2. The van der Waals surface area contributed by atoms with Crippen molar-refractivity contribution >= 4 is 11.8 Å². The van der Waals surface area contributed by atoms with Crippen molar-refractivity contribution in [2.24, 2.45) is 11.7 Å². The monoisotopic (exact) mass is 376 g/mol. The van der Waals surface area contributed by atoms with Crippen LogP contribution in [-0.2, 0) is 11.0 Å². The third-order valence-electron chi connectivity index (χ3n) is 4.79. The molecule has 0 radical (unpaired) electrons. The molecule has 2 aromatic carbocycles. The van der Waals surface area contributed by atoms with E-state index in [1.165, 1.54) is 12.1 Å². The second-order valence-corrected chi connectivity index (χ2v) is 6.61. The van der Waals surface area contributed by atoms with Gasteiger partial charge in [0.25, 0.3) is 5.91 Å². The van der Waals surface area contributed by atoms with Crippen LogP contribution >= 0.6 is 0 Å². The zero-order chi connectivity index (χ0) is 19.6. The highest BCUT2D eigenvalue weighted by atomic mass is 19.4. The van der Waals surface area contributed by atoms with Gasteiger partial charge in [0.2, 0.25) is 5.91 Å². The number of benzene rings is 2. The number of primary amides is 1. The maximum atomic E-state index is 13.0. The van der Waals surface area contributed by atoms with Gasteiger partial charge in [0.1, 0.15) is 0 Å². The number of likely N-dealkylation sites (tertiary alicyclic amines) is 1. The Bertz CT molecular complexity index is 847. The minimum absolute atomic E-state index is 0.253. The van der Waals surface area contributed by atoms with Gasteiger partial charge in [-0.25, -0.2) is 0 Å². The van der Waals surface area contributed by atoms with E-state index in [1.54, 1.807) is 29.2 Å². The molecule has 0 bridgehead atoms. The largest absolute Gasteiger partial charge is 0.416 e. The van der Waals surface area contributed by atoms with Gasteiger partial charge in [0.15, 0.2) is 0 Å². The summed E-state index contributed by atoms with van der Waals surface area (Å²) in [6, 6.07) is 11.5. The van der Waals surface area contributed by atoms with Crippen molar-refractivity contribution < 1.29 is 22.8 Å². The number of alkyl halides is 3. The highest BCUT2D eigenvalue weighted by Crippen LogP contribution is 2.32. The van der Waals surface area contributed by atoms with Gasteiger partial charge in [-0.2, -0.15) is 13.2 Å². The molecule has 7 heteroatoms. The van der Waals surface area contributed by atoms with Crippen LogP contribution in [0, 0.1) is 5.92 Å². The Labute approximate surface area is 154 Å². The van der Waals surface area contributed by atoms with Gasteiger partial charge in [-0.15, -0.1) is 0 Å². The molecule has 1 fully saturated rings. The summed E-state index contributed by atoms with van der Waals surface area (Å²) in [5.74, 6) is -1.05. The van der Waals surface area contributed by atoms with Crippen molar-refractivity contribution in [2.45, 2.75) is 19.0 Å². The normalized spacial score (nSPS) is 17.6. The zero-order valence-electron chi connectivity index (χ0n) is 14.5. The van der Waals surface area contributed by atoms with Gasteiger partial charge in [-0.3, -0.25) is 9.59 Å². The number of carbonyl (C=O) groups is 2. The van der Waals surface area contributed by atoms with Gasteiger partial charge < -0.3 is 10.6 Å². The molecule has 1 aliphatic heterocycles. The molecule has 27 heavy (non-hydrogen) atoms. The van der Waals surface area contributed by atoms with E-state index in [0.29, 0.717) is 36.1 Å². The molecule has 0 spiro atoms. The van der Waals surface area contributed by atoms with Crippen LogP contribution in [0.25, 0.3) is 11.1 Å². The molecule has 3 rings (SSSR count). The van der Waals surface area contributed by atoms with Crippen LogP contribution in [0.15, 0.2) is 48.5 Å². The van der Waals surface area contributed by atoms with E-state index in [2.05, 4.69) is 0 Å². The summed E-state index contributed by atoms with van der Waals surface area (Å²) in [6.45, 7) is 0.777. The Morgan fingerprint density at radius 1 is 1.04 bits per heavy atom. The lowest BCUT2D eigenvalue weighted by atomic mass is 9.94. The average molecular weight is 376 g/mol. The van der Waals surface area contributed by atoms with E-state index in [4.69, 9.17) is 5.73 Å². The molecule has 142 valence electrons. The Hall–Kier alpha value is -2.83. The quantitative estimate of drug-likeness (QED) is 0.888. The van der Waals surface area contributed by atoms with Crippen LogP contribution < -0.4 is 5.73 Å². The SMILES string of the molecule is NC(=O)C1CCCN(C(=O)c2ccccc2-c2ccc(C(F)(F)F)cc2)C1. The number of nitrogens with two attached hydrogens (primary N) is 1. The number of hydrogen-bond acceptors (Lipinski definition) is 2. The molecule has 1 atom stereocenters. The molecule has 0 saturated carbocycles. The van der Waals surface area contributed by atoms with Gasteiger partial charge in [0.05, 0.1) is 11.5 Å². The Morgan fingerprint density at radius 3 is 2.33 bits per heavy atom. The first-order chi connectivity index (χ1) is 12.8. The Kier molecular flexibility index (Phi) is 5.21. The molecule has 1 unspecified atom stereocenters. The highest BCUT2D eigenvalue weighted by molar-refractivity contribution is 6.01. The molecule has 2 amide bonds. The Morgan fingerprint density at radius 2 is 1.70 bits per heavy atom. The molecule has 1 saturated heterocycles. The molecule has 1 aliphatic rings. The molecule has 2 aromatic rings. The summed E-state index contributed by atoms with van der Waals surface area (Å²) in [4.78, 5) is 26.0. The van der Waals surface area contributed by atoms with Crippen molar-refractivity contribution in [3.63, 3.8) is 0 Å². The third-order valence-corrected chi connectivity index (χ3v) is 4.79. The summed E-state index contributed by atoms with van der Waals surface area (Å²) in [5, 5.41) is 0. The fraction of sp³-hybridized carbons (Fsp3) is 0.300. The number of carbonyl (C=O) groups excluding carboxylic acids is 2. The maximum absolute atomic E-state index is 13.0. The van der Waals surface area contributed by atoms with Crippen LogP contribution in [0.5, 0.6) is 0 Å². The van der Waals surface area contributed by atoms with Gasteiger partial charge in [-0.1, -0.05) is 30.3 Å². The predicted molar refractivity (Wildman–Crippen MR) is 94.7 cm³/mol. The van der Waals surface area contributed by atoms with Crippen LogP contribution in [0.3, 0.4) is 0 Å². The summed E-state index contributed by atoms with van der Waals surface area (Å²) in [7, 11) is 0. The first-order valence-corrected chi connectivity index (χ1v) is 8.62. The third kappa shape index (κ3) is 4.13. The van der Waals surface area contributed by atoms with E-state index in [-0.39, 0.29) is 18.4 Å². The van der Waals surface area contributed by atoms with E-state index >= 15 is 0 Å². The van der Waals surface area contributed by atoms with Gasteiger partial charge in [0, 0.05) is 18.7 Å². The van der Waals surface area contributed by atoms with Crippen LogP contribution in [0.4, 0.5) is 13.2 Å². The number of amides is 2. The molecule has 0 aromatic heterocycles. The number of piperidine rings is 1. The van der Waals surface area contributed by atoms with Crippen molar-refractivity contribution in [2.75, 3.05) is 13.1 Å². The van der Waals surface area contributed by atoms with E-state index in [0.717, 1.165) is 12.1 Å². The fourth-order valence-electron chi connectivity index (χ4n) is 3.32. The fourth-order valence-corrected chi connectivity index (χ4v) is 3.32. The summed E-state index contributed by atoms with van der Waals surface area (Å²) in [5.41, 5.74) is 6.10. The highest BCUT2D eigenvalue weighted by Gasteiger charge is 2.31. The van der Waals surface area contributed by atoms with Gasteiger partial charge >= 0.3 is 6.18 Å². The maximum Gasteiger partial charge on any atom is 0.416 e. The topological polar surface area (TPSA) is 63.4 Å². The second kappa shape index (κ2) is 7.42. The minimum atomic E-state index is -4.41. The first kappa shape index (κ1) is 18.9. The smallest absolute Gasteiger partial charge is 0.369 e. The van der Waals surface area contributed by atoms with E-state index in [1.807, 2.05) is 0 Å². The number of halogens is 3. The minimum Gasteiger partial charge on any atom is -0.369 e. The average Bonchev–Trinajstić information content (AvgIpc) is 2.67. The second-order valence-electron chi connectivity index (χ2n) is 6.61. The number of rotatable bonds is 3. The van der Waals surface area contributed by atoms with E-state index < -0.39 is 17.6 Å². The predicted octanol–water partition coefficient (Wildman–Crippen LogP) is 3.71. The summed E-state index contributed by atoms with van der Waals surface area (Å²) >= 11 is 0. The standard InChI is InChI=1S/C20H19F3N2O2/c21-20(22,23)15-9-7-13(8-10-15)16-5-1-2-6-17(16)19(27)25-11-3-4-14(12-25)18(24)26/h1-2,5-10,14H,3-4,11-12H2,(H2,24,26).